The van der Waals surface area contributed by atoms with Crippen LogP contribution in [-0.2, 0) is 4.79 Å². The Morgan fingerprint density at radius 1 is 1.53 bits per heavy atom. The highest BCUT2D eigenvalue weighted by atomic mass is 19.2. The number of halogens is 2. The number of hydrogen-bond acceptors (Lipinski definition) is 2. The van der Waals surface area contributed by atoms with E-state index in [-0.39, 0.29) is 12.2 Å². The van der Waals surface area contributed by atoms with E-state index in [1.165, 1.54) is 19.1 Å². The first-order valence-electron chi connectivity index (χ1n) is 4.43. The van der Waals surface area contributed by atoms with Crippen LogP contribution in [0.2, 0.25) is 0 Å². The second-order valence-corrected chi connectivity index (χ2v) is 3.22. The Morgan fingerprint density at radius 2 is 2.20 bits per heavy atom. The van der Waals surface area contributed by atoms with E-state index in [9.17, 15) is 13.6 Å². The summed E-state index contributed by atoms with van der Waals surface area (Å²) in [5.74, 6) is -3.59. The Morgan fingerprint density at radius 3 is 2.80 bits per heavy atom. The number of hydrogen-bond donors (Lipinski definition) is 2. The minimum atomic E-state index is -0.991. The van der Waals surface area contributed by atoms with Gasteiger partial charge in [-0.25, -0.2) is 8.78 Å². The number of anilines is 1. The predicted octanol–water partition coefficient (Wildman–Crippen LogP) is 2.10. The topological polar surface area (TPSA) is 49.3 Å². The molecule has 2 N–H and O–H groups in total. The van der Waals surface area contributed by atoms with Crippen molar-refractivity contribution in [2.45, 2.75) is 6.92 Å². The van der Waals surface area contributed by atoms with Crippen LogP contribution in [0, 0.1) is 17.6 Å². The van der Waals surface area contributed by atoms with Crippen LogP contribution in [0.3, 0.4) is 0 Å². The zero-order valence-electron chi connectivity index (χ0n) is 8.13. The molecule has 0 aromatic heterocycles. The highest BCUT2D eigenvalue weighted by Crippen LogP contribution is 2.16. The quantitative estimate of drug-likeness (QED) is 0.808. The smallest absolute Gasteiger partial charge is 0.308 e. The zero-order valence-corrected chi connectivity index (χ0v) is 8.13. The van der Waals surface area contributed by atoms with Gasteiger partial charge in [0, 0.05) is 6.54 Å². The normalized spacial score (nSPS) is 12.2. The summed E-state index contributed by atoms with van der Waals surface area (Å²) in [6.07, 6.45) is 0. The maximum atomic E-state index is 13.1. The van der Waals surface area contributed by atoms with Crippen molar-refractivity contribution in [1.29, 1.82) is 0 Å². The first kappa shape index (κ1) is 11.4. The van der Waals surface area contributed by atoms with E-state index in [4.69, 9.17) is 5.11 Å². The molecular weight excluding hydrogens is 204 g/mol. The largest absolute Gasteiger partial charge is 0.481 e. The van der Waals surface area contributed by atoms with E-state index in [1.807, 2.05) is 0 Å². The SMILES string of the molecule is CC(CNc1cccc(F)c1F)C(=O)O. The Kier molecular flexibility index (Phi) is 3.60. The molecule has 0 saturated heterocycles. The van der Waals surface area contributed by atoms with Gasteiger partial charge in [-0.2, -0.15) is 0 Å². The lowest BCUT2D eigenvalue weighted by atomic mass is 10.2. The second-order valence-electron chi connectivity index (χ2n) is 3.22. The van der Waals surface area contributed by atoms with E-state index in [0.29, 0.717) is 0 Å². The van der Waals surface area contributed by atoms with E-state index < -0.39 is 23.5 Å². The van der Waals surface area contributed by atoms with Gasteiger partial charge >= 0.3 is 5.97 Å². The number of rotatable bonds is 4. The molecule has 1 aromatic rings. The number of carboxylic acids is 1. The van der Waals surface area contributed by atoms with Gasteiger partial charge < -0.3 is 10.4 Å². The molecule has 0 heterocycles. The summed E-state index contributed by atoms with van der Waals surface area (Å²) in [6, 6.07) is 3.71. The number of benzene rings is 1. The lowest BCUT2D eigenvalue weighted by Gasteiger charge is -2.10. The number of aliphatic carboxylic acids is 1. The Balaban J connectivity index is 2.66. The van der Waals surface area contributed by atoms with Gasteiger partial charge in [0.05, 0.1) is 11.6 Å². The third-order valence-corrected chi connectivity index (χ3v) is 1.97. The van der Waals surface area contributed by atoms with Crippen LogP contribution in [0.4, 0.5) is 14.5 Å². The molecule has 15 heavy (non-hydrogen) atoms. The minimum Gasteiger partial charge on any atom is -0.481 e. The van der Waals surface area contributed by atoms with Crippen molar-refractivity contribution >= 4 is 11.7 Å². The lowest BCUT2D eigenvalue weighted by molar-refractivity contribution is -0.140. The van der Waals surface area contributed by atoms with Crippen LogP contribution >= 0.6 is 0 Å². The van der Waals surface area contributed by atoms with Gasteiger partial charge in [0.15, 0.2) is 11.6 Å². The van der Waals surface area contributed by atoms with Crippen molar-refractivity contribution < 1.29 is 18.7 Å². The monoisotopic (exact) mass is 215 g/mol. The van der Waals surface area contributed by atoms with Crippen molar-refractivity contribution in [2.75, 3.05) is 11.9 Å². The van der Waals surface area contributed by atoms with E-state index in [0.717, 1.165) is 6.07 Å². The van der Waals surface area contributed by atoms with Crippen molar-refractivity contribution in [1.82, 2.24) is 0 Å². The molecule has 0 fully saturated rings. The van der Waals surface area contributed by atoms with Crippen LogP contribution in [-0.4, -0.2) is 17.6 Å². The zero-order chi connectivity index (χ0) is 11.4. The first-order chi connectivity index (χ1) is 7.02. The molecule has 5 heteroatoms. The number of nitrogens with one attached hydrogen (secondary N) is 1. The van der Waals surface area contributed by atoms with Crippen molar-refractivity contribution in [3.05, 3.63) is 29.8 Å². The van der Waals surface area contributed by atoms with Crippen molar-refractivity contribution in [3.8, 4) is 0 Å². The molecule has 0 amide bonds. The fourth-order valence-electron chi connectivity index (χ4n) is 0.991. The van der Waals surface area contributed by atoms with Crippen LogP contribution in [0.5, 0.6) is 0 Å². The highest BCUT2D eigenvalue weighted by Gasteiger charge is 2.12. The summed E-state index contributed by atoms with van der Waals surface area (Å²) >= 11 is 0. The Bertz CT molecular complexity index is 368. The molecule has 0 spiro atoms. The molecule has 1 aromatic carbocycles. The summed E-state index contributed by atoms with van der Waals surface area (Å²) in [6.45, 7) is 1.53. The summed E-state index contributed by atoms with van der Waals surface area (Å²) in [5, 5.41) is 11.1. The van der Waals surface area contributed by atoms with Crippen LogP contribution in [0.25, 0.3) is 0 Å². The third-order valence-electron chi connectivity index (χ3n) is 1.97. The summed E-state index contributed by atoms with van der Waals surface area (Å²) in [5.41, 5.74) is -0.0249. The third kappa shape index (κ3) is 2.90. The first-order valence-corrected chi connectivity index (χ1v) is 4.43. The van der Waals surface area contributed by atoms with Crippen molar-refractivity contribution in [2.24, 2.45) is 5.92 Å². The van der Waals surface area contributed by atoms with Gasteiger partial charge in [-0.3, -0.25) is 4.79 Å². The molecule has 1 rings (SSSR count). The molecule has 3 nitrogen and oxygen atoms in total. The molecule has 0 bridgehead atoms. The van der Waals surface area contributed by atoms with E-state index >= 15 is 0 Å². The number of carboxylic acid groups (broad SMARTS) is 1. The summed E-state index contributed by atoms with van der Waals surface area (Å²) in [7, 11) is 0. The average molecular weight is 215 g/mol. The fourth-order valence-corrected chi connectivity index (χ4v) is 0.991. The lowest BCUT2D eigenvalue weighted by Crippen LogP contribution is -2.20. The second kappa shape index (κ2) is 4.72. The molecular formula is C10H11F2NO2. The van der Waals surface area contributed by atoms with Gasteiger partial charge in [-0.15, -0.1) is 0 Å². The molecule has 0 saturated carbocycles. The van der Waals surface area contributed by atoms with Crippen LogP contribution in [0.1, 0.15) is 6.92 Å². The van der Waals surface area contributed by atoms with Crippen LogP contribution < -0.4 is 5.32 Å². The summed E-state index contributed by atoms with van der Waals surface area (Å²) < 4.78 is 25.8. The van der Waals surface area contributed by atoms with E-state index in [2.05, 4.69) is 5.32 Å². The minimum absolute atomic E-state index is 0.0249. The van der Waals surface area contributed by atoms with Crippen LogP contribution in [0.15, 0.2) is 18.2 Å². The Labute approximate surface area is 85.7 Å². The van der Waals surface area contributed by atoms with Gasteiger partial charge in [0.25, 0.3) is 0 Å². The Hall–Kier alpha value is -1.65. The average Bonchev–Trinajstić information content (AvgIpc) is 2.19. The van der Waals surface area contributed by atoms with Gasteiger partial charge in [0.2, 0.25) is 0 Å². The van der Waals surface area contributed by atoms with E-state index in [1.54, 1.807) is 0 Å². The molecule has 0 aliphatic heterocycles. The maximum absolute atomic E-state index is 13.1. The molecule has 1 atom stereocenters. The molecule has 0 radical (unpaired) electrons. The molecule has 0 aliphatic rings. The highest BCUT2D eigenvalue weighted by molar-refractivity contribution is 5.70. The number of carbonyl (C=O) groups is 1. The molecule has 82 valence electrons. The molecule has 0 aliphatic carbocycles. The molecule has 1 unspecified atom stereocenters. The fraction of sp³-hybridized carbons (Fsp3) is 0.300. The predicted molar refractivity (Wildman–Crippen MR) is 51.6 cm³/mol. The standard InChI is InChI=1S/C10H11F2NO2/c1-6(10(14)15)5-13-8-4-2-3-7(11)9(8)12/h2-4,6,13H,5H2,1H3,(H,14,15). The van der Waals surface area contributed by atoms with Gasteiger partial charge in [0.1, 0.15) is 0 Å². The van der Waals surface area contributed by atoms with Gasteiger partial charge in [-0.1, -0.05) is 13.0 Å². The maximum Gasteiger partial charge on any atom is 0.308 e. The van der Waals surface area contributed by atoms with Gasteiger partial charge in [-0.05, 0) is 12.1 Å². The summed E-state index contributed by atoms with van der Waals surface area (Å²) in [4.78, 5) is 10.5. The van der Waals surface area contributed by atoms with Crippen molar-refractivity contribution in [3.63, 3.8) is 0 Å².